The van der Waals surface area contributed by atoms with Crippen molar-refractivity contribution in [2.45, 2.75) is 49.6 Å². The zero-order valence-corrected chi connectivity index (χ0v) is 13.5. The lowest BCUT2D eigenvalue weighted by Gasteiger charge is -2.08. The van der Waals surface area contributed by atoms with Crippen LogP contribution in [0.2, 0.25) is 0 Å². The number of thiazole rings is 1. The van der Waals surface area contributed by atoms with Crippen molar-refractivity contribution in [3.63, 3.8) is 0 Å². The molecule has 6 nitrogen and oxygen atoms in total. The van der Waals surface area contributed by atoms with E-state index in [9.17, 15) is 4.79 Å². The van der Waals surface area contributed by atoms with E-state index in [1.165, 1.54) is 11.8 Å². The summed E-state index contributed by atoms with van der Waals surface area (Å²) in [6.45, 7) is 3.81. The van der Waals surface area contributed by atoms with Gasteiger partial charge in [-0.3, -0.25) is 4.79 Å². The zero-order valence-electron chi connectivity index (χ0n) is 11.8. The molecule has 1 aliphatic carbocycles. The van der Waals surface area contributed by atoms with Gasteiger partial charge in [-0.15, -0.1) is 21.5 Å². The number of aryl methyl sites for hydroxylation is 1. The highest BCUT2D eigenvalue weighted by molar-refractivity contribution is 8.00. The summed E-state index contributed by atoms with van der Waals surface area (Å²) in [7, 11) is 0. The molecule has 0 bridgehead atoms. The molecule has 1 atom stereocenters. The van der Waals surface area contributed by atoms with E-state index in [0.29, 0.717) is 23.6 Å². The first kappa shape index (κ1) is 14.5. The molecule has 1 fully saturated rings. The van der Waals surface area contributed by atoms with Crippen molar-refractivity contribution < 1.29 is 9.21 Å². The van der Waals surface area contributed by atoms with Gasteiger partial charge in [-0.05, 0) is 26.7 Å². The van der Waals surface area contributed by atoms with Gasteiger partial charge >= 0.3 is 0 Å². The lowest BCUT2D eigenvalue weighted by Crippen LogP contribution is -2.32. The van der Waals surface area contributed by atoms with Crippen LogP contribution in [0.1, 0.15) is 36.4 Å². The molecule has 0 aromatic carbocycles. The van der Waals surface area contributed by atoms with Gasteiger partial charge in [0.1, 0.15) is 0 Å². The quantitative estimate of drug-likeness (QED) is 0.820. The monoisotopic (exact) mass is 324 g/mol. The second-order valence-corrected chi connectivity index (χ2v) is 7.39. The summed E-state index contributed by atoms with van der Waals surface area (Å²) in [5.41, 5.74) is 0.928. The highest BCUT2D eigenvalue weighted by Crippen LogP contribution is 2.25. The van der Waals surface area contributed by atoms with E-state index < -0.39 is 0 Å². The summed E-state index contributed by atoms with van der Waals surface area (Å²) in [5, 5.41) is 14.1. The number of amides is 1. The van der Waals surface area contributed by atoms with E-state index in [4.69, 9.17) is 4.42 Å². The van der Waals surface area contributed by atoms with Crippen LogP contribution < -0.4 is 5.32 Å². The molecule has 8 heteroatoms. The Balaban J connectivity index is 1.55. The first-order valence-electron chi connectivity index (χ1n) is 6.80. The van der Waals surface area contributed by atoms with E-state index in [-0.39, 0.29) is 11.2 Å². The first-order chi connectivity index (χ1) is 10.1. The Morgan fingerprint density at radius 3 is 3.05 bits per heavy atom. The fourth-order valence-electron chi connectivity index (χ4n) is 1.75. The van der Waals surface area contributed by atoms with Crippen LogP contribution >= 0.6 is 23.1 Å². The van der Waals surface area contributed by atoms with E-state index in [1.54, 1.807) is 11.3 Å². The van der Waals surface area contributed by atoms with Crippen molar-refractivity contribution in [2.24, 2.45) is 0 Å². The molecule has 112 valence electrons. The van der Waals surface area contributed by atoms with Crippen molar-refractivity contribution in [1.29, 1.82) is 0 Å². The Morgan fingerprint density at radius 1 is 1.57 bits per heavy atom. The minimum Gasteiger partial charge on any atom is -0.416 e. The minimum atomic E-state index is -0.236. The molecule has 1 saturated carbocycles. The predicted molar refractivity (Wildman–Crippen MR) is 80.4 cm³/mol. The van der Waals surface area contributed by atoms with Crippen LogP contribution in [0.15, 0.2) is 15.0 Å². The summed E-state index contributed by atoms with van der Waals surface area (Å²) >= 11 is 2.89. The number of carbonyl (C=O) groups is 1. The van der Waals surface area contributed by atoms with Crippen molar-refractivity contribution in [3.05, 3.63) is 22.0 Å². The Kier molecular flexibility index (Phi) is 4.25. The number of rotatable bonds is 6. The summed E-state index contributed by atoms with van der Waals surface area (Å²) in [4.78, 5) is 16.2. The molecule has 0 saturated heterocycles. The molecule has 2 aromatic heterocycles. The fraction of sp³-hybridized carbons (Fsp3) is 0.538. The topological polar surface area (TPSA) is 80.9 Å². The SMILES string of the molecule is Cc1nc(Cc2nnc(S[C@H](C)C(=O)NC3CC3)o2)cs1. The third kappa shape index (κ3) is 4.04. The number of carbonyl (C=O) groups excluding carboxylic acids is 1. The van der Waals surface area contributed by atoms with E-state index in [0.717, 1.165) is 23.5 Å². The Labute approximate surface area is 130 Å². The largest absolute Gasteiger partial charge is 0.416 e. The van der Waals surface area contributed by atoms with E-state index in [1.807, 2.05) is 19.2 Å². The molecular weight excluding hydrogens is 308 g/mol. The second-order valence-electron chi connectivity index (χ2n) is 5.04. The van der Waals surface area contributed by atoms with Crippen molar-refractivity contribution in [2.75, 3.05) is 0 Å². The highest BCUT2D eigenvalue weighted by atomic mass is 32.2. The van der Waals surface area contributed by atoms with Crippen LogP contribution in [-0.2, 0) is 11.2 Å². The third-order valence-corrected chi connectivity index (χ3v) is 4.77. The lowest BCUT2D eigenvalue weighted by atomic mass is 10.3. The van der Waals surface area contributed by atoms with Gasteiger partial charge in [0.25, 0.3) is 5.22 Å². The third-order valence-electron chi connectivity index (χ3n) is 3.02. The molecule has 21 heavy (non-hydrogen) atoms. The molecule has 2 heterocycles. The summed E-state index contributed by atoms with van der Waals surface area (Å²) < 4.78 is 5.56. The smallest absolute Gasteiger partial charge is 0.277 e. The lowest BCUT2D eigenvalue weighted by molar-refractivity contribution is -0.120. The van der Waals surface area contributed by atoms with Gasteiger partial charge in [0.2, 0.25) is 11.8 Å². The van der Waals surface area contributed by atoms with E-state index >= 15 is 0 Å². The maximum absolute atomic E-state index is 11.9. The van der Waals surface area contributed by atoms with E-state index in [2.05, 4.69) is 20.5 Å². The summed E-state index contributed by atoms with van der Waals surface area (Å²) in [6, 6.07) is 0.367. The van der Waals surface area contributed by atoms with Gasteiger partial charge in [0.05, 0.1) is 22.4 Å². The van der Waals surface area contributed by atoms with Gasteiger partial charge in [-0.1, -0.05) is 11.8 Å². The molecular formula is C13H16N4O2S2. The van der Waals surface area contributed by atoms with Crippen LogP contribution in [0.25, 0.3) is 0 Å². The van der Waals surface area contributed by atoms with Crippen molar-refractivity contribution in [3.8, 4) is 0 Å². The van der Waals surface area contributed by atoms with Crippen molar-refractivity contribution in [1.82, 2.24) is 20.5 Å². The number of hydrogen-bond donors (Lipinski definition) is 1. The number of nitrogens with zero attached hydrogens (tertiary/aromatic N) is 3. The van der Waals surface area contributed by atoms with Crippen molar-refractivity contribution >= 4 is 29.0 Å². The first-order valence-corrected chi connectivity index (χ1v) is 8.56. The molecule has 0 aliphatic heterocycles. The predicted octanol–water partition coefficient (Wildman–Crippen LogP) is 2.18. The average Bonchev–Trinajstić information content (AvgIpc) is 3.00. The van der Waals surface area contributed by atoms with Crippen LogP contribution in [0.4, 0.5) is 0 Å². The maximum Gasteiger partial charge on any atom is 0.277 e. The molecule has 3 rings (SSSR count). The Bertz CT molecular complexity index is 636. The van der Waals surface area contributed by atoms with Gasteiger partial charge in [0.15, 0.2) is 0 Å². The Hall–Kier alpha value is -1.41. The molecule has 1 amide bonds. The number of hydrogen-bond acceptors (Lipinski definition) is 7. The normalized spacial score (nSPS) is 15.9. The molecule has 0 unspecified atom stereocenters. The summed E-state index contributed by atoms with van der Waals surface area (Å²) in [6.07, 6.45) is 2.70. The molecule has 1 aliphatic rings. The zero-order chi connectivity index (χ0) is 14.8. The number of nitrogens with one attached hydrogen (secondary N) is 1. The van der Waals surface area contributed by atoms with Gasteiger partial charge in [0, 0.05) is 11.4 Å². The molecule has 2 aromatic rings. The van der Waals surface area contributed by atoms with Crippen LogP contribution in [0.5, 0.6) is 0 Å². The minimum absolute atomic E-state index is 0.0253. The maximum atomic E-state index is 11.9. The molecule has 0 spiro atoms. The molecule has 1 N–H and O–H groups in total. The second kappa shape index (κ2) is 6.15. The summed E-state index contributed by atoms with van der Waals surface area (Å²) in [5.74, 6) is 0.551. The Morgan fingerprint density at radius 2 is 2.38 bits per heavy atom. The van der Waals surface area contributed by atoms with Crippen LogP contribution in [0.3, 0.4) is 0 Å². The van der Waals surface area contributed by atoms with Crippen LogP contribution in [-0.4, -0.2) is 32.4 Å². The van der Waals surface area contributed by atoms with Gasteiger partial charge < -0.3 is 9.73 Å². The highest BCUT2D eigenvalue weighted by Gasteiger charge is 2.26. The fourth-order valence-corrected chi connectivity index (χ4v) is 3.07. The average molecular weight is 324 g/mol. The van der Waals surface area contributed by atoms with Gasteiger partial charge in [-0.2, -0.15) is 0 Å². The number of aromatic nitrogens is 3. The van der Waals surface area contributed by atoms with Gasteiger partial charge in [-0.25, -0.2) is 4.98 Å². The number of thioether (sulfide) groups is 1. The van der Waals surface area contributed by atoms with Crippen LogP contribution in [0, 0.1) is 6.92 Å². The standard InChI is InChI=1S/C13H16N4O2S2/c1-7(12(18)15-9-3-4-9)21-13-17-16-11(19-13)5-10-6-20-8(2)14-10/h6-7,9H,3-5H2,1-2H3,(H,15,18)/t7-/m1/s1. The molecule has 0 radical (unpaired) electrons.